The molecule has 3 aromatic rings. The molecule has 0 bridgehead atoms. The number of terminal acetylenes is 1. The fraction of sp³-hybridized carbons (Fsp3) is 0.320. The van der Waals surface area contributed by atoms with E-state index in [1.807, 2.05) is 24.3 Å². The van der Waals surface area contributed by atoms with Gasteiger partial charge in [-0.1, -0.05) is 69.2 Å². The fourth-order valence-corrected chi connectivity index (χ4v) is 3.86. The van der Waals surface area contributed by atoms with E-state index in [0.29, 0.717) is 5.39 Å². The number of benzene rings is 2. The molecule has 5 heteroatoms. The highest BCUT2D eigenvalue weighted by Gasteiger charge is 2.44. The summed E-state index contributed by atoms with van der Waals surface area (Å²) in [5, 5.41) is 19.3. The van der Waals surface area contributed by atoms with E-state index in [1.54, 1.807) is 4.57 Å². The normalized spacial score (nSPS) is 18.6. The van der Waals surface area contributed by atoms with E-state index >= 15 is 0 Å². The van der Waals surface area contributed by atoms with Crippen molar-refractivity contribution in [2.45, 2.75) is 45.1 Å². The van der Waals surface area contributed by atoms with E-state index < -0.39 is 0 Å². The van der Waals surface area contributed by atoms with Gasteiger partial charge in [-0.05, 0) is 34.9 Å². The molecule has 0 unspecified atom stereocenters. The zero-order valence-electron chi connectivity index (χ0n) is 17.5. The first-order chi connectivity index (χ1) is 14.3. The minimum absolute atomic E-state index is 0.0733. The van der Waals surface area contributed by atoms with Gasteiger partial charge in [0.2, 0.25) is 5.88 Å². The highest BCUT2D eigenvalue weighted by Crippen LogP contribution is 2.49. The van der Waals surface area contributed by atoms with Crippen LogP contribution in [-0.4, -0.2) is 15.6 Å². The second-order valence-corrected chi connectivity index (χ2v) is 8.84. The number of carbonyl (C=O) groups is 1. The van der Waals surface area contributed by atoms with Gasteiger partial charge >= 0.3 is 0 Å². The molecule has 5 nitrogen and oxygen atoms in total. The van der Waals surface area contributed by atoms with Crippen molar-refractivity contribution >= 4 is 22.5 Å². The molecule has 1 aliphatic carbocycles. The molecule has 0 spiro atoms. The third-order valence-corrected chi connectivity index (χ3v) is 5.73. The second-order valence-electron chi connectivity index (χ2n) is 8.84. The Hall–Kier alpha value is -3.39. The summed E-state index contributed by atoms with van der Waals surface area (Å²) in [6.45, 7) is 6.76. The molecule has 1 fully saturated rings. The fourth-order valence-electron chi connectivity index (χ4n) is 3.86. The number of aromatic hydroxyl groups is 1. The zero-order valence-corrected chi connectivity index (χ0v) is 17.5. The van der Waals surface area contributed by atoms with Crippen LogP contribution in [0.15, 0.2) is 58.8 Å². The Morgan fingerprint density at radius 1 is 1.20 bits per heavy atom. The van der Waals surface area contributed by atoms with Crippen molar-refractivity contribution in [3.63, 3.8) is 0 Å². The van der Waals surface area contributed by atoms with E-state index in [1.165, 1.54) is 5.56 Å². The van der Waals surface area contributed by atoms with Gasteiger partial charge in [0.05, 0.1) is 12.1 Å². The molecule has 1 N–H and O–H groups in total. The Morgan fingerprint density at radius 2 is 1.90 bits per heavy atom. The highest BCUT2D eigenvalue weighted by atomic mass is 16.3. The Labute approximate surface area is 176 Å². The Balaban J connectivity index is 1.52. The number of carbonyl (C=O) groups excluding carboxylic acids is 1. The van der Waals surface area contributed by atoms with Crippen molar-refractivity contribution in [1.82, 2.24) is 4.57 Å². The number of fused-ring (bicyclic) bond motifs is 1. The largest absolute Gasteiger partial charge is 0.493 e. The van der Waals surface area contributed by atoms with Gasteiger partial charge < -0.3 is 5.11 Å². The molecule has 1 saturated carbocycles. The molecule has 4 rings (SSSR count). The van der Waals surface area contributed by atoms with Gasteiger partial charge in [-0.2, -0.15) is 0 Å². The summed E-state index contributed by atoms with van der Waals surface area (Å²) in [5.41, 5.74) is 3.57. The summed E-state index contributed by atoms with van der Waals surface area (Å²) in [4.78, 5) is 12.6. The number of para-hydroxylation sites is 1. The first-order valence-corrected chi connectivity index (χ1v) is 10.1. The van der Waals surface area contributed by atoms with Gasteiger partial charge in [-0.15, -0.1) is 16.7 Å². The third-order valence-electron chi connectivity index (χ3n) is 5.73. The molecule has 0 radical (unpaired) electrons. The second kappa shape index (κ2) is 7.46. The smallest absolute Gasteiger partial charge is 0.268 e. The van der Waals surface area contributed by atoms with Crippen molar-refractivity contribution < 1.29 is 9.90 Å². The predicted octanol–water partition coefficient (Wildman–Crippen LogP) is 5.69. The summed E-state index contributed by atoms with van der Waals surface area (Å²) in [7, 11) is 0. The van der Waals surface area contributed by atoms with Crippen molar-refractivity contribution in [2.75, 3.05) is 0 Å². The van der Waals surface area contributed by atoms with Crippen molar-refractivity contribution in [3.05, 3.63) is 59.7 Å². The van der Waals surface area contributed by atoms with Gasteiger partial charge in [0.25, 0.3) is 5.91 Å². The van der Waals surface area contributed by atoms with Crippen LogP contribution in [-0.2, 0) is 16.8 Å². The molecule has 0 aliphatic heterocycles. The summed E-state index contributed by atoms with van der Waals surface area (Å²) in [5.74, 6) is 2.22. The third kappa shape index (κ3) is 3.61. The van der Waals surface area contributed by atoms with E-state index in [2.05, 4.69) is 61.2 Å². The van der Waals surface area contributed by atoms with Gasteiger partial charge in [0.1, 0.15) is 0 Å². The van der Waals surface area contributed by atoms with E-state index in [4.69, 9.17) is 6.42 Å². The maximum atomic E-state index is 12.6. The molecular formula is C25H25N3O2. The van der Waals surface area contributed by atoms with E-state index in [-0.39, 0.29) is 41.3 Å². The summed E-state index contributed by atoms with van der Waals surface area (Å²) >= 11 is 0. The number of hydrogen-bond donors (Lipinski definition) is 1. The van der Waals surface area contributed by atoms with Crippen LogP contribution in [0.3, 0.4) is 0 Å². The molecule has 1 aromatic heterocycles. The van der Waals surface area contributed by atoms with Gasteiger partial charge in [-0.3, -0.25) is 9.36 Å². The number of rotatable bonds is 4. The van der Waals surface area contributed by atoms with Crippen LogP contribution >= 0.6 is 0 Å². The van der Waals surface area contributed by atoms with Gasteiger partial charge in [0.15, 0.2) is 5.69 Å². The average Bonchev–Trinajstić information content (AvgIpc) is 3.48. The molecule has 30 heavy (non-hydrogen) atoms. The van der Waals surface area contributed by atoms with Crippen LogP contribution < -0.4 is 0 Å². The lowest BCUT2D eigenvalue weighted by atomic mass is 9.86. The first-order valence-electron chi connectivity index (χ1n) is 10.1. The summed E-state index contributed by atoms with van der Waals surface area (Å²) in [6, 6.07) is 15.9. The van der Waals surface area contributed by atoms with E-state index in [0.717, 1.165) is 17.5 Å². The Bertz CT molecular complexity index is 1170. The number of nitrogens with zero attached hydrogens (tertiary/aromatic N) is 3. The standard InChI is InChI=1S/C25H25N3O2/c1-5-14-28-21-9-7-6-8-18(21)22(24(28)30)26-27-23(29)20-15-19(20)16-10-12-17(13-11-16)25(2,3)4/h1,6-13,19-20,30H,14-15H2,2-4H3/t19-,20-/m0/s1. The van der Waals surface area contributed by atoms with Gasteiger partial charge in [-0.25, -0.2) is 0 Å². The summed E-state index contributed by atoms with van der Waals surface area (Å²) < 4.78 is 1.59. The lowest BCUT2D eigenvalue weighted by Gasteiger charge is -2.19. The molecule has 1 amide bonds. The molecular weight excluding hydrogens is 374 g/mol. The lowest BCUT2D eigenvalue weighted by molar-refractivity contribution is -0.119. The van der Waals surface area contributed by atoms with Crippen molar-refractivity contribution in [2.24, 2.45) is 16.1 Å². The quantitative estimate of drug-likeness (QED) is 0.452. The summed E-state index contributed by atoms with van der Waals surface area (Å²) in [6.07, 6.45) is 6.19. The van der Waals surface area contributed by atoms with Crippen molar-refractivity contribution in [3.8, 4) is 18.2 Å². The molecule has 1 heterocycles. The number of azo groups is 1. The number of aromatic nitrogens is 1. The number of amides is 1. The minimum Gasteiger partial charge on any atom is -0.493 e. The van der Waals surface area contributed by atoms with Crippen LogP contribution in [0.4, 0.5) is 5.69 Å². The van der Waals surface area contributed by atoms with Crippen LogP contribution in [0.1, 0.15) is 44.2 Å². The molecule has 2 atom stereocenters. The highest BCUT2D eigenvalue weighted by molar-refractivity contribution is 5.95. The minimum atomic E-state index is -0.256. The topological polar surface area (TPSA) is 66.9 Å². The molecule has 1 aliphatic rings. The molecule has 0 saturated heterocycles. The van der Waals surface area contributed by atoms with E-state index in [9.17, 15) is 9.90 Å². The number of hydrogen-bond acceptors (Lipinski definition) is 3. The molecule has 152 valence electrons. The monoisotopic (exact) mass is 399 g/mol. The molecule has 2 aromatic carbocycles. The van der Waals surface area contributed by atoms with Crippen LogP contribution in [0.5, 0.6) is 5.88 Å². The zero-order chi connectivity index (χ0) is 21.5. The lowest BCUT2D eigenvalue weighted by Crippen LogP contribution is -2.10. The predicted molar refractivity (Wildman–Crippen MR) is 118 cm³/mol. The SMILES string of the molecule is C#CCn1c(O)c(N=NC(=O)[C@H]2C[C@H]2c2ccc(C(C)(C)C)cc2)c2ccccc21. The van der Waals surface area contributed by atoms with Crippen molar-refractivity contribution in [1.29, 1.82) is 0 Å². The first kappa shape index (κ1) is 19.9. The van der Waals surface area contributed by atoms with Crippen LogP contribution in [0, 0.1) is 18.3 Å². The Morgan fingerprint density at radius 3 is 2.57 bits per heavy atom. The van der Waals surface area contributed by atoms with Crippen LogP contribution in [0.2, 0.25) is 0 Å². The Kier molecular flexibility index (Phi) is 4.95. The average molecular weight is 399 g/mol. The maximum absolute atomic E-state index is 12.6. The van der Waals surface area contributed by atoms with Crippen LogP contribution in [0.25, 0.3) is 10.9 Å². The van der Waals surface area contributed by atoms with Gasteiger partial charge in [0, 0.05) is 11.3 Å². The maximum Gasteiger partial charge on any atom is 0.268 e.